The minimum absolute atomic E-state index is 0.103. The average Bonchev–Trinajstić information content (AvgIpc) is 2.87. The molecular weight excluding hydrogens is 254 g/mol. The summed E-state index contributed by atoms with van der Waals surface area (Å²) in [7, 11) is 0. The quantitative estimate of drug-likeness (QED) is 0.403. The molecule has 1 heterocycles. The van der Waals surface area contributed by atoms with E-state index in [9.17, 15) is 14.4 Å². The number of nitrogens with two attached hydrogens (primary N) is 1. The summed E-state index contributed by atoms with van der Waals surface area (Å²) in [6, 6.07) is -1.45. The van der Waals surface area contributed by atoms with E-state index in [0.717, 1.165) is 0 Å². The van der Waals surface area contributed by atoms with Crippen molar-refractivity contribution in [1.29, 1.82) is 0 Å². The summed E-state index contributed by atoms with van der Waals surface area (Å²) in [5.74, 6) is -2.27. The lowest BCUT2D eigenvalue weighted by molar-refractivity contribution is -0.141. The van der Waals surface area contributed by atoms with Gasteiger partial charge in [0.15, 0.2) is 0 Å². The van der Waals surface area contributed by atoms with Crippen LogP contribution in [-0.4, -0.2) is 60.6 Å². The lowest BCUT2D eigenvalue weighted by atomic mass is 10.1. The number of rotatable bonds is 7. The molecule has 0 aromatic carbocycles. The molecule has 1 aliphatic rings. The first-order valence-electron chi connectivity index (χ1n) is 5.56. The molecule has 5 N–H and O–H groups in total. The molecule has 0 unspecified atom stereocenters. The van der Waals surface area contributed by atoms with Crippen LogP contribution in [0.15, 0.2) is 9.98 Å². The molecule has 0 radical (unpaired) electrons. The van der Waals surface area contributed by atoms with Crippen LogP contribution in [0.5, 0.6) is 0 Å². The van der Waals surface area contributed by atoms with Crippen molar-refractivity contribution in [3.63, 3.8) is 0 Å². The molecule has 1 rings (SSSR count). The Morgan fingerprint density at radius 3 is 2.63 bits per heavy atom. The summed E-state index contributed by atoms with van der Waals surface area (Å²) in [5.41, 5.74) is 5.05. The highest BCUT2D eigenvalue weighted by Gasteiger charge is 2.24. The average molecular weight is 269 g/mol. The maximum atomic E-state index is 11.5. The highest BCUT2D eigenvalue weighted by Crippen LogP contribution is 2.04. The number of hydrogen-bond acceptors (Lipinski definition) is 6. The van der Waals surface area contributed by atoms with E-state index in [1.165, 1.54) is 12.6 Å². The van der Waals surface area contributed by atoms with E-state index in [1.807, 2.05) is 0 Å². The van der Waals surface area contributed by atoms with Crippen LogP contribution < -0.4 is 16.4 Å². The van der Waals surface area contributed by atoms with Gasteiger partial charge in [0.2, 0.25) is 11.8 Å². The molecule has 0 saturated carbocycles. The van der Waals surface area contributed by atoms with Crippen molar-refractivity contribution in [2.45, 2.75) is 18.5 Å². The van der Waals surface area contributed by atoms with Gasteiger partial charge in [-0.05, 0) is 0 Å². The molecule has 0 aliphatic carbocycles. The summed E-state index contributed by atoms with van der Waals surface area (Å²) in [4.78, 5) is 40.9. The molecular formula is C10H15N5O4. The van der Waals surface area contributed by atoms with Crippen molar-refractivity contribution in [3.05, 3.63) is 0 Å². The van der Waals surface area contributed by atoms with E-state index in [-0.39, 0.29) is 25.6 Å². The molecule has 0 spiro atoms. The van der Waals surface area contributed by atoms with Crippen LogP contribution in [0.1, 0.15) is 6.42 Å². The van der Waals surface area contributed by atoms with Gasteiger partial charge in [0.05, 0.1) is 19.1 Å². The molecule has 2 atom stereocenters. The second kappa shape index (κ2) is 7.21. The Labute approximate surface area is 109 Å². The summed E-state index contributed by atoms with van der Waals surface area (Å²) in [5, 5.41) is 13.5. The number of aliphatic carboxylic acids is 1. The minimum Gasteiger partial charge on any atom is -0.480 e. The van der Waals surface area contributed by atoms with Gasteiger partial charge in [-0.1, -0.05) is 0 Å². The van der Waals surface area contributed by atoms with Gasteiger partial charge in [-0.3, -0.25) is 14.6 Å². The van der Waals surface area contributed by atoms with E-state index >= 15 is 0 Å². The number of carboxylic acids is 1. The largest absolute Gasteiger partial charge is 0.480 e. The predicted molar refractivity (Wildman–Crippen MR) is 67.0 cm³/mol. The van der Waals surface area contributed by atoms with Crippen LogP contribution in [0.25, 0.3) is 0 Å². The zero-order valence-corrected chi connectivity index (χ0v) is 10.1. The highest BCUT2D eigenvalue weighted by molar-refractivity contribution is 5.89. The van der Waals surface area contributed by atoms with Gasteiger partial charge in [-0.15, -0.1) is 0 Å². The summed E-state index contributed by atoms with van der Waals surface area (Å²) >= 11 is 0. The van der Waals surface area contributed by atoms with Crippen molar-refractivity contribution in [1.82, 2.24) is 10.6 Å². The molecule has 0 aromatic rings. The molecule has 9 nitrogen and oxygen atoms in total. The Balaban J connectivity index is 2.42. The third kappa shape index (κ3) is 5.25. The van der Waals surface area contributed by atoms with Crippen LogP contribution in [-0.2, 0) is 14.4 Å². The monoisotopic (exact) mass is 269 g/mol. The Bertz CT molecular complexity index is 408. The van der Waals surface area contributed by atoms with Crippen LogP contribution in [0, 0.1) is 0 Å². The molecule has 0 saturated heterocycles. The van der Waals surface area contributed by atoms with Crippen molar-refractivity contribution >= 4 is 30.3 Å². The van der Waals surface area contributed by atoms with Gasteiger partial charge >= 0.3 is 5.97 Å². The normalized spacial score (nSPS) is 18.1. The second-order valence-corrected chi connectivity index (χ2v) is 3.80. The summed E-state index contributed by atoms with van der Waals surface area (Å²) in [6.45, 7) is -0.551. The fourth-order valence-corrected chi connectivity index (χ4v) is 1.38. The number of nitrogens with one attached hydrogen (secondary N) is 2. The maximum absolute atomic E-state index is 11.5. The molecule has 19 heavy (non-hydrogen) atoms. The predicted octanol–water partition coefficient (Wildman–Crippen LogP) is -2.50. The van der Waals surface area contributed by atoms with E-state index in [0.29, 0.717) is 0 Å². The third-order valence-electron chi connectivity index (χ3n) is 2.32. The van der Waals surface area contributed by atoms with Gasteiger partial charge in [0.25, 0.3) is 0 Å². The molecule has 104 valence electrons. The van der Waals surface area contributed by atoms with Crippen molar-refractivity contribution in [3.8, 4) is 0 Å². The van der Waals surface area contributed by atoms with Gasteiger partial charge in [0.1, 0.15) is 12.4 Å². The van der Waals surface area contributed by atoms with E-state index in [2.05, 4.69) is 20.6 Å². The number of nitrogens with zero attached hydrogens (tertiary/aromatic N) is 2. The lowest BCUT2D eigenvalue weighted by Crippen LogP contribution is -2.47. The summed E-state index contributed by atoms with van der Waals surface area (Å²) < 4.78 is 0. The number of carbonyl (C=O) groups excluding carboxylic acids is 2. The van der Waals surface area contributed by atoms with Crippen molar-refractivity contribution in [2.75, 3.05) is 13.1 Å². The van der Waals surface area contributed by atoms with Crippen molar-refractivity contribution in [2.24, 2.45) is 15.7 Å². The topological polar surface area (TPSA) is 146 Å². The van der Waals surface area contributed by atoms with E-state index < -0.39 is 23.8 Å². The third-order valence-corrected chi connectivity index (χ3v) is 2.32. The van der Waals surface area contributed by atoms with Crippen LogP contribution in [0.3, 0.4) is 0 Å². The second-order valence-electron chi connectivity index (χ2n) is 3.80. The Morgan fingerprint density at radius 2 is 2.11 bits per heavy atom. The minimum atomic E-state index is -1.17. The lowest BCUT2D eigenvalue weighted by Gasteiger charge is -2.15. The Kier molecular flexibility index (Phi) is 5.61. The standard InChI is InChI=1S/C10H15N5O4/c11-2-8(16)13-4-9(17)15-7(10(18)19)1-6-3-12-5-14-6/h3,5-7H,1-2,4,11H2,(H,13,16)(H,15,17)(H,18,19)/t6-,7+/m1/s1. The zero-order valence-electron chi connectivity index (χ0n) is 10.1. The van der Waals surface area contributed by atoms with Gasteiger partial charge in [0, 0.05) is 12.6 Å². The smallest absolute Gasteiger partial charge is 0.326 e. The number of hydrogen-bond donors (Lipinski definition) is 4. The first kappa shape index (κ1) is 14.8. The fraction of sp³-hybridized carbons (Fsp3) is 0.500. The van der Waals surface area contributed by atoms with Crippen LogP contribution in [0.2, 0.25) is 0 Å². The zero-order chi connectivity index (χ0) is 14.3. The molecule has 0 aromatic heterocycles. The maximum Gasteiger partial charge on any atom is 0.326 e. The van der Waals surface area contributed by atoms with Gasteiger partial charge in [-0.2, -0.15) is 0 Å². The summed E-state index contributed by atoms with van der Waals surface area (Å²) in [6.07, 6.45) is 2.93. The number of amides is 2. The first-order chi connectivity index (χ1) is 9.02. The molecule has 0 bridgehead atoms. The van der Waals surface area contributed by atoms with Gasteiger partial charge < -0.3 is 21.5 Å². The highest BCUT2D eigenvalue weighted by atomic mass is 16.4. The van der Waals surface area contributed by atoms with Crippen LogP contribution >= 0.6 is 0 Å². The molecule has 0 fully saturated rings. The fourth-order valence-electron chi connectivity index (χ4n) is 1.38. The molecule has 2 amide bonds. The Morgan fingerprint density at radius 1 is 1.37 bits per heavy atom. The van der Waals surface area contributed by atoms with Crippen LogP contribution in [0.4, 0.5) is 0 Å². The SMILES string of the molecule is NCC(=O)NCC(=O)N[C@@H](C[C@@H]1C=NC=N1)C(=O)O. The van der Waals surface area contributed by atoms with E-state index in [4.69, 9.17) is 10.8 Å². The molecule has 1 aliphatic heterocycles. The molecule has 9 heteroatoms. The number of aliphatic imine (C=N–C) groups is 2. The number of carboxylic acid groups (broad SMARTS) is 1. The Hall–Kier alpha value is -2.29. The van der Waals surface area contributed by atoms with Crippen molar-refractivity contribution < 1.29 is 19.5 Å². The first-order valence-corrected chi connectivity index (χ1v) is 5.56. The van der Waals surface area contributed by atoms with Gasteiger partial charge in [-0.25, -0.2) is 9.79 Å². The van der Waals surface area contributed by atoms with E-state index in [1.54, 1.807) is 0 Å². The number of carbonyl (C=O) groups is 3.